The molecule has 3 nitrogen and oxygen atoms in total. The van der Waals surface area contributed by atoms with E-state index in [1.807, 2.05) is 0 Å². The standard InChI is InChI=1S/C13H23N3/c1-9(2)12-6-4-5-10(3)13(12)16-8-11(15)7-14/h4-6,9,11,16H,7-8,14-15H2,1-3H3. The lowest BCUT2D eigenvalue weighted by molar-refractivity contribution is 0.711. The quantitative estimate of drug-likeness (QED) is 0.710. The highest BCUT2D eigenvalue weighted by molar-refractivity contribution is 5.58. The molecule has 3 heteroatoms. The van der Waals surface area contributed by atoms with Gasteiger partial charge in [-0.15, -0.1) is 0 Å². The summed E-state index contributed by atoms with van der Waals surface area (Å²) in [5.74, 6) is 0.511. The van der Waals surface area contributed by atoms with Crippen molar-refractivity contribution in [2.45, 2.75) is 32.7 Å². The van der Waals surface area contributed by atoms with E-state index in [2.05, 4.69) is 44.3 Å². The molecule has 1 aromatic rings. The van der Waals surface area contributed by atoms with E-state index in [0.29, 0.717) is 12.5 Å². The molecule has 0 aliphatic heterocycles. The summed E-state index contributed by atoms with van der Waals surface area (Å²) >= 11 is 0. The van der Waals surface area contributed by atoms with Gasteiger partial charge in [0.2, 0.25) is 0 Å². The maximum Gasteiger partial charge on any atom is 0.0405 e. The average Bonchev–Trinajstić information content (AvgIpc) is 2.26. The van der Waals surface area contributed by atoms with E-state index in [1.165, 1.54) is 16.8 Å². The van der Waals surface area contributed by atoms with Crippen LogP contribution in [0.5, 0.6) is 0 Å². The van der Waals surface area contributed by atoms with Crippen LogP contribution in [0.25, 0.3) is 0 Å². The number of nitrogens with two attached hydrogens (primary N) is 2. The van der Waals surface area contributed by atoms with Crippen molar-refractivity contribution in [3.63, 3.8) is 0 Å². The van der Waals surface area contributed by atoms with Crippen molar-refractivity contribution in [3.05, 3.63) is 29.3 Å². The monoisotopic (exact) mass is 221 g/mol. The average molecular weight is 221 g/mol. The van der Waals surface area contributed by atoms with Crippen molar-refractivity contribution in [1.82, 2.24) is 0 Å². The second-order valence-corrected chi connectivity index (χ2v) is 4.57. The molecule has 1 rings (SSSR count). The van der Waals surface area contributed by atoms with Crippen LogP contribution in [0.2, 0.25) is 0 Å². The van der Waals surface area contributed by atoms with Gasteiger partial charge in [0, 0.05) is 24.8 Å². The molecule has 0 saturated carbocycles. The van der Waals surface area contributed by atoms with Gasteiger partial charge in [-0.25, -0.2) is 0 Å². The highest BCUT2D eigenvalue weighted by Gasteiger charge is 2.09. The maximum atomic E-state index is 5.81. The summed E-state index contributed by atoms with van der Waals surface area (Å²) < 4.78 is 0. The second kappa shape index (κ2) is 5.87. The minimum atomic E-state index is 0.0135. The Hall–Kier alpha value is -1.06. The van der Waals surface area contributed by atoms with Gasteiger partial charge in [-0.1, -0.05) is 32.0 Å². The van der Waals surface area contributed by atoms with Crippen LogP contribution >= 0.6 is 0 Å². The SMILES string of the molecule is Cc1cccc(C(C)C)c1NCC(N)CN. The molecule has 0 spiro atoms. The lowest BCUT2D eigenvalue weighted by Gasteiger charge is -2.19. The van der Waals surface area contributed by atoms with Crippen molar-refractivity contribution in [3.8, 4) is 0 Å². The largest absolute Gasteiger partial charge is 0.383 e. The third-order valence-corrected chi connectivity index (χ3v) is 2.77. The minimum absolute atomic E-state index is 0.0135. The van der Waals surface area contributed by atoms with Crippen LogP contribution in [0, 0.1) is 6.92 Å². The highest BCUT2D eigenvalue weighted by Crippen LogP contribution is 2.27. The van der Waals surface area contributed by atoms with Crippen LogP contribution in [0.15, 0.2) is 18.2 Å². The predicted octanol–water partition coefficient (Wildman–Crippen LogP) is 1.82. The summed E-state index contributed by atoms with van der Waals surface area (Å²) in [5, 5.41) is 3.41. The van der Waals surface area contributed by atoms with Gasteiger partial charge in [0.05, 0.1) is 0 Å². The van der Waals surface area contributed by atoms with Crippen LogP contribution in [0.4, 0.5) is 5.69 Å². The summed E-state index contributed by atoms with van der Waals surface area (Å²) in [6.07, 6.45) is 0. The fourth-order valence-electron chi connectivity index (χ4n) is 1.73. The van der Waals surface area contributed by atoms with Crippen LogP contribution < -0.4 is 16.8 Å². The third kappa shape index (κ3) is 3.22. The van der Waals surface area contributed by atoms with E-state index >= 15 is 0 Å². The normalized spacial score (nSPS) is 12.9. The van der Waals surface area contributed by atoms with E-state index in [4.69, 9.17) is 11.5 Å². The molecule has 0 bridgehead atoms. The zero-order chi connectivity index (χ0) is 12.1. The van der Waals surface area contributed by atoms with E-state index in [1.54, 1.807) is 0 Å². The molecule has 0 heterocycles. The summed E-state index contributed by atoms with van der Waals surface area (Å²) in [4.78, 5) is 0. The molecule has 0 radical (unpaired) electrons. The summed E-state index contributed by atoms with van der Waals surface area (Å²) in [6, 6.07) is 6.38. The van der Waals surface area contributed by atoms with Crippen molar-refractivity contribution >= 4 is 5.69 Å². The Kier molecular flexibility index (Phi) is 4.77. The lowest BCUT2D eigenvalue weighted by Crippen LogP contribution is -2.36. The molecule has 1 aromatic carbocycles. The van der Waals surface area contributed by atoms with Crippen molar-refractivity contribution in [2.75, 3.05) is 18.4 Å². The van der Waals surface area contributed by atoms with Gasteiger partial charge in [-0.3, -0.25) is 0 Å². The molecule has 5 N–H and O–H groups in total. The van der Waals surface area contributed by atoms with Gasteiger partial charge < -0.3 is 16.8 Å². The van der Waals surface area contributed by atoms with Crippen LogP contribution in [0.1, 0.15) is 30.9 Å². The van der Waals surface area contributed by atoms with Gasteiger partial charge in [0.25, 0.3) is 0 Å². The predicted molar refractivity (Wildman–Crippen MR) is 70.8 cm³/mol. The molecular formula is C13H23N3. The molecular weight excluding hydrogens is 198 g/mol. The second-order valence-electron chi connectivity index (χ2n) is 4.57. The highest BCUT2D eigenvalue weighted by atomic mass is 14.9. The van der Waals surface area contributed by atoms with Crippen LogP contribution in [0.3, 0.4) is 0 Å². The Morgan fingerprint density at radius 3 is 2.56 bits per heavy atom. The van der Waals surface area contributed by atoms with Crippen molar-refractivity contribution < 1.29 is 0 Å². The van der Waals surface area contributed by atoms with Gasteiger partial charge in [0.1, 0.15) is 0 Å². The van der Waals surface area contributed by atoms with E-state index in [9.17, 15) is 0 Å². The molecule has 1 atom stereocenters. The summed E-state index contributed by atoms with van der Waals surface area (Å²) in [7, 11) is 0. The maximum absolute atomic E-state index is 5.81. The number of hydrogen-bond donors (Lipinski definition) is 3. The molecule has 90 valence electrons. The number of hydrogen-bond acceptors (Lipinski definition) is 3. The Balaban J connectivity index is 2.84. The fourth-order valence-corrected chi connectivity index (χ4v) is 1.73. The van der Waals surface area contributed by atoms with E-state index < -0.39 is 0 Å². The van der Waals surface area contributed by atoms with Gasteiger partial charge in [0.15, 0.2) is 0 Å². The Morgan fingerprint density at radius 2 is 2.00 bits per heavy atom. The third-order valence-electron chi connectivity index (χ3n) is 2.77. The Bertz CT molecular complexity index is 334. The zero-order valence-electron chi connectivity index (χ0n) is 10.5. The number of para-hydroxylation sites is 1. The van der Waals surface area contributed by atoms with E-state index in [-0.39, 0.29) is 6.04 Å². The number of anilines is 1. The Labute approximate surface area is 98.2 Å². The summed E-state index contributed by atoms with van der Waals surface area (Å²) in [6.45, 7) is 7.74. The van der Waals surface area contributed by atoms with Gasteiger partial charge in [-0.2, -0.15) is 0 Å². The Morgan fingerprint density at radius 1 is 1.31 bits per heavy atom. The zero-order valence-corrected chi connectivity index (χ0v) is 10.5. The number of nitrogens with one attached hydrogen (secondary N) is 1. The fraction of sp³-hybridized carbons (Fsp3) is 0.538. The molecule has 16 heavy (non-hydrogen) atoms. The van der Waals surface area contributed by atoms with Gasteiger partial charge in [-0.05, 0) is 24.0 Å². The smallest absolute Gasteiger partial charge is 0.0405 e. The minimum Gasteiger partial charge on any atom is -0.383 e. The lowest BCUT2D eigenvalue weighted by atomic mass is 9.98. The molecule has 0 aliphatic carbocycles. The van der Waals surface area contributed by atoms with Crippen LogP contribution in [-0.2, 0) is 0 Å². The summed E-state index contributed by atoms with van der Waals surface area (Å²) in [5.41, 5.74) is 15.1. The topological polar surface area (TPSA) is 64.1 Å². The first-order valence-corrected chi connectivity index (χ1v) is 5.85. The molecule has 0 saturated heterocycles. The first kappa shape index (κ1) is 13.0. The molecule has 0 amide bonds. The molecule has 1 unspecified atom stereocenters. The molecule has 0 aliphatic rings. The van der Waals surface area contributed by atoms with E-state index in [0.717, 1.165) is 6.54 Å². The van der Waals surface area contributed by atoms with Gasteiger partial charge >= 0.3 is 0 Å². The molecule has 0 fully saturated rings. The van der Waals surface area contributed by atoms with Crippen LogP contribution in [-0.4, -0.2) is 19.1 Å². The first-order valence-electron chi connectivity index (χ1n) is 5.85. The molecule has 0 aromatic heterocycles. The number of aryl methyl sites for hydroxylation is 1. The van der Waals surface area contributed by atoms with Crippen molar-refractivity contribution in [2.24, 2.45) is 11.5 Å². The van der Waals surface area contributed by atoms with Crippen molar-refractivity contribution in [1.29, 1.82) is 0 Å². The first-order chi connectivity index (χ1) is 7.56. The number of benzene rings is 1. The number of rotatable bonds is 5.